The number of amides is 3. The van der Waals surface area contributed by atoms with Gasteiger partial charge in [-0.25, -0.2) is 4.98 Å². The first-order valence-electron chi connectivity index (χ1n) is 15.3. The maximum Gasteiger partial charge on any atom is 0.276 e. The number of likely N-dealkylation sites (tertiary alicyclic amines) is 1. The maximum absolute atomic E-state index is 13.5. The van der Waals surface area contributed by atoms with E-state index >= 15 is 0 Å². The molecule has 3 aromatic rings. The standard InChI is InChI=1S/C33H38N4O7/c38-16-2-14-36-19-29(39)35-27-18-37(33(41)31-32(24-8-9-24)43-21-34-31)15-13-28(27)42-20-23-3-1-4-26(17-23)44-25-10-5-22(6-11-25)7-12-30(36)40/h1,3-6,10-11,17,21,24,27-28,38H,2,7-9,12-16,18-20H2,(H,35,39)/t27-,28-/m0/s1. The zero-order chi connectivity index (χ0) is 30.5. The van der Waals surface area contributed by atoms with Gasteiger partial charge in [-0.1, -0.05) is 24.3 Å². The Kier molecular flexibility index (Phi) is 9.23. The molecule has 2 N–H and O–H groups in total. The number of benzene rings is 2. The van der Waals surface area contributed by atoms with Crippen molar-refractivity contribution in [1.82, 2.24) is 20.1 Å². The average Bonchev–Trinajstić information content (AvgIpc) is 3.77. The molecule has 0 radical (unpaired) electrons. The Hall–Kier alpha value is -4.22. The molecule has 44 heavy (non-hydrogen) atoms. The fourth-order valence-corrected chi connectivity index (χ4v) is 5.80. The predicted octanol–water partition coefficient (Wildman–Crippen LogP) is 3.42. The van der Waals surface area contributed by atoms with Gasteiger partial charge in [-0.05, 0) is 67.5 Å². The quantitative estimate of drug-likeness (QED) is 0.454. The molecule has 11 heteroatoms. The van der Waals surface area contributed by atoms with Gasteiger partial charge in [0.2, 0.25) is 11.8 Å². The zero-order valence-electron chi connectivity index (χ0n) is 24.7. The van der Waals surface area contributed by atoms with Crippen LogP contribution >= 0.6 is 0 Å². The van der Waals surface area contributed by atoms with Crippen LogP contribution < -0.4 is 10.1 Å². The van der Waals surface area contributed by atoms with Gasteiger partial charge in [0.05, 0.1) is 25.3 Å². The monoisotopic (exact) mass is 602 g/mol. The minimum Gasteiger partial charge on any atom is -0.457 e. The zero-order valence-corrected chi connectivity index (χ0v) is 24.7. The molecule has 11 nitrogen and oxygen atoms in total. The summed E-state index contributed by atoms with van der Waals surface area (Å²) in [5, 5.41) is 12.5. The minimum atomic E-state index is -0.511. The van der Waals surface area contributed by atoms with E-state index in [4.69, 9.17) is 13.9 Å². The molecule has 4 aliphatic rings. The molecule has 4 bridgehead atoms. The fraction of sp³-hybridized carbons (Fsp3) is 0.455. The van der Waals surface area contributed by atoms with Gasteiger partial charge in [0.25, 0.3) is 5.91 Å². The summed E-state index contributed by atoms with van der Waals surface area (Å²) in [6.45, 7) is 0.975. The first-order valence-corrected chi connectivity index (χ1v) is 15.3. The van der Waals surface area contributed by atoms with E-state index in [9.17, 15) is 19.5 Å². The number of aliphatic hydroxyl groups excluding tert-OH is 1. The lowest BCUT2D eigenvalue weighted by molar-refractivity contribution is -0.137. The summed E-state index contributed by atoms with van der Waals surface area (Å²) in [5.41, 5.74) is 2.22. The third kappa shape index (κ3) is 7.28. The van der Waals surface area contributed by atoms with Crippen LogP contribution in [-0.2, 0) is 27.4 Å². The number of hydrogen-bond acceptors (Lipinski definition) is 8. The molecule has 4 heterocycles. The largest absolute Gasteiger partial charge is 0.457 e. The number of piperidine rings is 1. The summed E-state index contributed by atoms with van der Waals surface area (Å²) >= 11 is 0. The van der Waals surface area contributed by atoms with Crippen molar-refractivity contribution in [3.8, 4) is 11.5 Å². The van der Waals surface area contributed by atoms with E-state index in [2.05, 4.69) is 10.3 Å². The maximum atomic E-state index is 13.5. The SMILES string of the molecule is O=C1CN(CCCO)C(=O)CCc2ccc(cc2)Oc2cccc(c2)CO[C@H]2CCN(C(=O)c3ncoc3C3CC3)C[C@@H]2N1. The Bertz CT molecular complexity index is 1470. The highest BCUT2D eigenvalue weighted by Crippen LogP contribution is 2.41. The number of fused-ring (bicyclic) bond motifs is 9. The summed E-state index contributed by atoms with van der Waals surface area (Å²) in [6, 6.07) is 14.8. The van der Waals surface area contributed by atoms with Crippen molar-refractivity contribution in [2.24, 2.45) is 0 Å². The first-order chi connectivity index (χ1) is 21.5. The highest BCUT2D eigenvalue weighted by molar-refractivity contribution is 5.93. The van der Waals surface area contributed by atoms with Crippen LogP contribution in [0.2, 0.25) is 0 Å². The van der Waals surface area contributed by atoms with Crippen molar-refractivity contribution >= 4 is 17.7 Å². The lowest BCUT2D eigenvalue weighted by atomic mass is 10.0. The van der Waals surface area contributed by atoms with Gasteiger partial charge >= 0.3 is 0 Å². The number of ether oxygens (including phenoxy) is 2. The smallest absolute Gasteiger partial charge is 0.276 e. The average molecular weight is 603 g/mol. The van der Waals surface area contributed by atoms with Gasteiger partial charge in [-0.3, -0.25) is 14.4 Å². The van der Waals surface area contributed by atoms with Crippen LogP contribution in [0.15, 0.2) is 59.3 Å². The number of carbonyl (C=O) groups is 3. The van der Waals surface area contributed by atoms with Crippen molar-refractivity contribution in [3.05, 3.63) is 77.5 Å². The van der Waals surface area contributed by atoms with E-state index in [-0.39, 0.29) is 69.0 Å². The minimum absolute atomic E-state index is 0.0892. The number of nitrogens with zero attached hydrogens (tertiary/aromatic N) is 3. The second kappa shape index (κ2) is 13.6. The molecule has 2 aromatic carbocycles. The second-order valence-corrected chi connectivity index (χ2v) is 11.7. The van der Waals surface area contributed by atoms with Gasteiger partial charge in [0.15, 0.2) is 12.1 Å². The molecule has 0 unspecified atom stereocenters. The van der Waals surface area contributed by atoms with E-state index in [1.807, 2.05) is 48.5 Å². The second-order valence-electron chi connectivity index (χ2n) is 11.7. The van der Waals surface area contributed by atoms with Crippen LogP contribution in [0.25, 0.3) is 0 Å². The fourth-order valence-electron chi connectivity index (χ4n) is 5.80. The normalized spacial score (nSPS) is 21.5. The van der Waals surface area contributed by atoms with E-state index in [0.29, 0.717) is 48.8 Å². The van der Waals surface area contributed by atoms with Gasteiger partial charge in [0.1, 0.15) is 17.3 Å². The number of hydrogen-bond donors (Lipinski definition) is 2. The number of aliphatic hydroxyl groups is 1. The van der Waals surface area contributed by atoms with Crippen molar-refractivity contribution in [2.45, 2.75) is 63.2 Å². The molecule has 3 amide bonds. The Balaban J connectivity index is 1.23. The highest BCUT2D eigenvalue weighted by Gasteiger charge is 2.38. The van der Waals surface area contributed by atoms with Crippen molar-refractivity contribution < 1.29 is 33.4 Å². The molecule has 3 aliphatic heterocycles. The molecule has 1 saturated heterocycles. The van der Waals surface area contributed by atoms with Crippen molar-refractivity contribution in [1.29, 1.82) is 0 Å². The Morgan fingerprint density at radius 2 is 1.86 bits per heavy atom. The van der Waals surface area contributed by atoms with E-state index in [1.165, 1.54) is 11.3 Å². The number of carbonyl (C=O) groups excluding carboxylic acids is 3. The van der Waals surface area contributed by atoms with Crippen LogP contribution in [0.3, 0.4) is 0 Å². The summed E-state index contributed by atoms with van der Waals surface area (Å²) in [7, 11) is 0. The number of aryl methyl sites for hydroxylation is 1. The Labute approximate surface area is 256 Å². The lowest BCUT2D eigenvalue weighted by Gasteiger charge is -2.39. The molecule has 2 atom stereocenters. The van der Waals surface area contributed by atoms with E-state index in [1.54, 1.807) is 4.90 Å². The van der Waals surface area contributed by atoms with Crippen molar-refractivity contribution in [3.63, 3.8) is 0 Å². The van der Waals surface area contributed by atoms with Gasteiger partial charge < -0.3 is 34.1 Å². The van der Waals surface area contributed by atoms with Gasteiger partial charge in [-0.15, -0.1) is 0 Å². The topological polar surface area (TPSA) is 134 Å². The summed E-state index contributed by atoms with van der Waals surface area (Å²) in [6.07, 6.45) is 4.50. The van der Waals surface area contributed by atoms with Crippen molar-refractivity contribution in [2.75, 3.05) is 32.8 Å². The van der Waals surface area contributed by atoms with Gasteiger partial charge in [0, 0.05) is 38.6 Å². The van der Waals surface area contributed by atoms with Crippen LogP contribution in [0.1, 0.15) is 65.4 Å². The van der Waals surface area contributed by atoms with Crippen LogP contribution in [-0.4, -0.2) is 82.5 Å². The predicted molar refractivity (Wildman–Crippen MR) is 159 cm³/mol. The summed E-state index contributed by atoms with van der Waals surface area (Å²) in [4.78, 5) is 47.6. The van der Waals surface area contributed by atoms with Gasteiger partial charge in [-0.2, -0.15) is 0 Å². The van der Waals surface area contributed by atoms with Crippen LogP contribution in [0, 0.1) is 0 Å². The molecule has 2 fully saturated rings. The van der Waals surface area contributed by atoms with Crippen LogP contribution in [0.5, 0.6) is 11.5 Å². The highest BCUT2D eigenvalue weighted by atomic mass is 16.5. The third-order valence-corrected chi connectivity index (χ3v) is 8.35. The number of rotatable bonds is 5. The summed E-state index contributed by atoms with van der Waals surface area (Å²) in [5.74, 6) is 1.49. The van der Waals surface area contributed by atoms with E-state index < -0.39 is 6.04 Å². The molecule has 1 saturated carbocycles. The third-order valence-electron chi connectivity index (χ3n) is 8.35. The first kappa shape index (κ1) is 29.8. The number of nitrogens with one attached hydrogen (secondary N) is 1. The molecule has 232 valence electrons. The number of oxazole rings is 1. The molecule has 7 rings (SSSR count). The lowest BCUT2D eigenvalue weighted by Crippen LogP contribution is -2.58. The molecular weight excluding hydrogens is 564 g/mol. The molecule has 0 spiro atoms. The Morgan fingerprint density at radius 1 is 1.02 bits per heavy atom. The number of aromatic nitrogens is 1. The molecule has 1 aromatic heterocycles. The Morgan fingerprint density at radius 3 is 2.66 bits per heavy atom. The molecule has 1 aliphatic carbocycles. The molecular formula is C33H38N4O7. The summed E-state index contributed by atoms with van der Waals surface area (Å²) < 4.78 is 18.0. The van der Waals surface area contributed by atoms with E-state index in [0.717, 1.165) is 24.0 Å². The van der Waals surface area contributed by atoms with Crippen LogP contribution in [0.4, 0.5) is 0 Å².